The van der Waals surface area contributed by atoms with Crippen molar-refractivity contribution in [2.24, 2.45) is 0 Å². The molecule has 0 N–H and O–H groups in total. The lowest BCUT2D eigenvalue weighted by molar-refractivity contribution is 0.869. The molecule has 4 heteroatoms. The lowest BCUT2D eigenvalue weighted by Gasteiger charge is -2.04. The summed E-state index contributed by atoms with van der Waals surface area (Å²) in [6.45, 7) is 2.10. The van der Waals surface area contributed by atoms with Gasteiger partial charge in [0.05, 0.1) is 22.9 Å². The monoisotopic (exact) mass is 313 g/mol. The Morgan fingerprint density at radius 3 is 2.87 bits per heavy atom. The quantitative estimate of drug-likeness (QED) is 0.816. The van der Waals surface area contributed by atoms with E-state index in [4.69, 9.17) is 0 Å². The van der Waals surface area contributed by atoms with Gasteiger partial charge in [0.1, 0.15) is 5.82 Å². The molecule has 78 valence electrons. The first-order chi connectivity index (χ1) is 7.27. The number of nitrogens with zero attached hydrogens (tertiary/aromatic N) is 3. The van der Waals surface area contributed by atoms with Crippen molar-refractivity contribution in [3.05, 3.63) is 47.8 Å². The van der Waals surface area contributed by atoms with E-state index in [0.717, 1.165) is 18.7 Å². The zero-order valence-corrected chi connectivity index (χ0v) is 10.7. The molecule has 15 heavy (non-hydrogen) atoms. The lowest BCUT2D eigenvalue weighted by Crippen LogP contribution is -1.98. The number of hydrogen-bond acceptors (Lipinski definition) is 2. The number of rotatable bonds is 3. The van der Waals surface area contributed by atoms with Crippen molar-refractivity contribution in [1.82, 2.24) is 12.7 Å². The van der Waals surface area contributed by atoms with Gasteiger partial charge in [0.25, 0.3) is 0 Å². The number of hydrogen-bond donors (Lipinski definition) is 0. The predicted octanol–water partition coefficient (Wildman–Crippen LogP) is 2.57. The fraction of sp³-hybridized carbons (Fsp3) is 0.273. The van der Waals surface area contributed by atoms with Crippen LogP contribution in [0.15, 0.2) is 30.9 Å². The van der Waals surface area contributed by atoms with Crippen LogP contribution in [0.4, 0.5) is 0 Å². The molecule has 0 atom stereocenters. The molecular formula is C11H12IN3. The molecule has 3 nitrogen and oxygen atoms in total. The van der Waals surface area contributed by atoms with Crippen molar-refractivity contribution in [2.45, 2.75) is 19.8 Å². The molecule has 2 aromatic rings. The molecule has 0 aromatic carbocycles. The van der Waals surface area contributed by atoms with Gasteiger partial charge in [-0.05, 0) is 30.5 Å². The minimum atomic E-state index is 0.973. The molecule has 0 saturated carbocycles. The second-order valence-corrected chi connectivity index (χ2v) is 4.50. The van der Waals surface area contributed by atoms with Crippen molar-refractivity contribution in [3.63, 3.8) is 0 Å². The van der Waals surface area contributed by atoms with Crippen LogP contribution in [-0.4, -0.2) is 12.7 Å². The molecule has 0 aliphatic rings. The van der Waals surface area contributed by atoms with Crippen LogP contribution >= 0.6 is 22.9 Å². The topological polar surface area (TPSA) is 30.7 Å². The zero-order valence-electron chi connectivity index (χ0n) is 8.52. The fourth-order valence-corrected chi connectivity index (χ4v) is 2.03. The summed E-state index contributed by atoms with van der Waals surface area (Å²) in [7, 11) is 0. The van der Waals surface area contributed by atoms with Gasteiger partial charge in [-0.25, -0.2) is 4.98 Å². The van der Waals surface area contributed by atoms with Crippen LogP contribution in [0.25, 0.3) is 0 Å². The van der Waals surface area contributed by atoms with E-state index in [1.54, 1.807) is 0 Å². The van der Waals surface area contributed by atoms with Gasteiger partial charge in [-0.15, -0.1) is 0 Å². The smallest absolute Gasteiger partial charge is 0.117 e. The normalized spacial score (nSPS) is 10.5. The molecule has 0 aliphatic heterocycles. The van der Waals surface area contributed by atoms with Crippen LogP contribution in [0.3, 0.4) is 0 Å². The van der Waals surface area contributed by atoms with E-state index in [9.17, 15) is 0 Å². The summed E-state index contributed by atoms with van der Waals surface area (Å²) < 4.78 is 2.04. The summed E-state index contributed by atoms with van der Waals surface area (Å²) in [4.78, 5) is 8.39. The highest BCUT2D eigenvalue weighted by atomic mass is 127. The molecule has 0 amide bonds. The Kier molecular flexibility index (Phi) is 3.35. The summed E-state index contributed by atoms with van der Waals surface area (Å²) in [5.74, 6) is 1.12. The van der Waals surface area contributed by atoms with Crippen LogP contribution in [0.1, 0.15) is 17.0 Å². The summed E-state index contributed by atoms with van der Waals surface area (Å²) in [5, 5.41) is 0. The number of aryl methyl sites for hydroxylation is 3. The largest absolute Gasteiger partial charge is 0.276 e. The first-order valence-electron chi connectivity index (χ1n) is 4.85. The Morgan fingerprint density at radius 2 is 2.20 bits per heavy atom. The Morgan fingerprint density at radius 1 is 1.33 bits per heavy atom. The van der Waals surface area contributed by atoms with Crippen LogP contribution in [0.2, 0.25) is 0 Å². The molecule has 0 fully saturated rings. The van der Waals surface area contributed by atoms with Crippen molar-refractivity contribution in [3.8, 4) is 0 Å². The maximum absolute atomic E-state index is 4.30. The third-order valence-corrected chi connectivity index (χ3v) is 3.30. The van der Waals surface area contributed by atoms with Gasteiger partial charge in [0.2, 0.25) is 0 Å². The van der Waals surface area contributed by atoms with Crippen molar-refractivity contribution >= 4 is 22.9 Å². The van der Waals surface area contributed by atoms with Gasteiger partial charge in [-0.3, -0.25) is 7.76 Å². The highest BCUT2D eigenvalue weighted by molar-refractivity contribution is 14.1. The highest BCUT2D eigenvalue weighted by Gasteiger charge is 2.02. The van der Waals surface area contributed by atoms with E-state index >= 15 is 0 Å². The minimum Gasteiger partial charge on any atom is -0.276 e. The first kappa shape index (κ1) is 10.6. The fourth-order valence-electron chi connectivity index (χ4n) is 1.52. The van der Waals surface area contributed by atoms with Gasteiger partial charge >= 0.3 is 0 Å². The molecule has 2 rings (SSSR count). The number of halogens is 1. The highest BCUT2D eigenvalue weighted by Crippen LogP contribution is 2.10. The summed E-state index contributed by atoms with van der Waals surface area (Å²) >= 11 is 2.25. The predicted molar refractivity (Wildman–Crippen MR) is 68.0 cm³/mol. The van der Waals surface area contributed by atoms with Crippen LogP contribution in [-0.2, 0) is 12.8 Å². The van der Waals surface area contributed by atoms with E-state index < -0.39 is 0 Å². The Labute approximate surface area is 103 Å². The standard InChI is InChI=1S/C11H12IN3/c1-9-8-13-5-4-10(9)2-3-11-14-6-7-15(11)12/h4-8H,2-3H2,1H3. The van der Waals surface area contributed by atoms with E-state index in [0.29, 0.717) is 0 Å². The summed E-state index contributed by atoms with van der Waals surface area (Å²) in [5.41, 5.74) is 2.61. The molecule has 0 saturated heterocycles. The number of imidazole rings is 1. The van der Waals surface area contributed by atoms with Gasteiger partial charge < -0.3 is 0 Å². The summed E-state index contributed by atoms with van der Waals surface area (Å²) in [6, 6.07) is 2.08. The molecular weight excluding hydrogens is 301 g/mol. The third kappa shape index (κ3) is 2.56. The lowest BCUT2D eigenvalue weighted by atomic mass is 10.1. The van der Waals surface area contributed by atoms with Gasteiger partial charge in [-0.2, -0.15) is 0 Å². The van der Waals surface area contributed by atoms with E-state index in [1.165, 1.54) is 11.1 Å². The van der Waals surface area contributed by atoms with Crippen LogP contribution in [0, 0.1) is 6.92 Å². The molecule has 2 aromatic heterocycles. The average Bonchev–Trinajstić information content (AvgIpc) is 2.63. The molecule has 0 radical (unpaired) electrons. The molecule has 0 spiro atoms. The molecule has 2 heterocycles. The zero-order chi connectivity index (χ0) is 10.7. The number of pyridine rings is 1. The second-order valence-electron chi connectivity index (χ2n) is 3.46. The van der Waals surface area contributed by atoms with Crippen molar-refractivity contribution in [2.75, 3.05) is 0 Å². The Balaban J connectivity index is 2.06. The minimum absolute atomic E-state index is 0.973. The third-order valence-electron chi connectivity index (χ3n) is 2.42. The molecule has 0 aliphatic carbocycles. The Hall–Kier alpha value is -0.910. The second kappa shape index (κ2) is 4.74. The van der Waals surface area contributed by atoms with Crippen LogP contribution < -0.4 is 0 Å². The maximum atomic E-state index is 4.30. The Bertz CT molecular complexity index is 451. The van der Waals surface area contributed by atoms with E-state index in [1.807, 2.05) is 27.6 Å². The van der Waals surface area contributed by atoms with Gasteiger partial charge in [-0.1, -0.05) is 0 Å². The molecule has 0 unspecified atom stereocenters. The maximum Gasteiger partial charge on any atom is 0.117 e. The van der Waals surface area contributed by atoms with Gasteiger partial charge in [0, 0.05) is 31.2 Å². The first-order valence-corrected chi connectivity index (χ1v) is 5.82. The SMILES string of the molecule is Cc1cnccc1CCc1nccn1I. The van der Waals surface area contributed by atoms with Gasteiger partial charge in [0.15, 0.2) is 0 Å². The average molecular weight is 313 g/mol. The van der Waals surface area contributed by atoms with E-state index in [-0.39, 0.29) is 0 Å². The summed E-state index contributed by atoms with van der Waals surface area (Å²) in [6.07, 6.45) is 9.55. The van der Waals surface area contributed by atoms with Crippen molar-refractivity contribution < 1.29 is 0 Å². The number of aromatic nitrogens is 3. The van der Waals surface area contributed by atoms with E-state index in [2.05, 4.69) is 45.8 Å². The van der Waals surface area contributed by atoms with Crippen LogP contribution in [0.5, 0.6) is 0 Å². The van der Waals surface area contributed by atoms with Crippen molar-refractivity contribution in [1.29, 1.82) is 0 Å². The molecule has 0 bridgehead atoms.